The minimum atomic E-state index is -0.622. The summed E-state index contributed by atoms with van der Waals surface area (Å²) in [5.74, 6) is -1.24. The van der Waals surface area contributed by atoms with Gasteiger partial charge in [-0.25, -0.2) is 8.78 Å². The Kier molecular flexibility index (Phi) is 4.50. The largest absolute Gasteiger partial charge is 0.379 e. The van der Waals surface area contributed by atoms with Crippen LogP contribution in [0.5, 0.6) is 0 Å². The van der Waals surface area contributed by atoms with Gasteiger partial charge >= 0.3 is 0 Å². The van der Waals surface area contributed by atoms with E-state index < -0.39 is 11.6 Å². The third-order valence-corrected chi connectivity index (χ3v) is 3.56. The smallest absolute Gasteiger partial charge is 0.131 e. The number of benzene rings is 2. The summed E-state index contributed by atoms with van der Waals surface area (Å²) in [5, 5.41) is 3.77. The number of anilines is 1. The van der Waals surface area contributed by atoms with Gasteiger partial charge in [0.25, 0.3) is 0 Å². The van der Waals surface area contributed by atoms with E-state index in [1.807, 2.05) is 0 Å². The average Bonchev–Trinajstić information content (AvgIpc) is 2.34. The minimum Gasteiger partial charge on any atom is -0.379 e. The quantitative estimate of drug-likeness (QED) is 0.732. The Morgan fingerprint density at radius 3 is 2.11 bits per heavy atom. The third kappa shape index (κ3) is 3.30. The molecule has 0 aliphatic heterocycles. The highest BCUT2D eigenvalue weighted by Gasteiger charge is 2.10. The van der Waals surface area contributed by atoms with Crippen LogP contribution in [-0.4, -0.2) is 0 Å². The molecule has 1 nitrogen and oxygen atoms in total. The summed E-state index contributed by atoms with van der Waals surface area (Å²) in [6.45, 7) is -0.0454. The van der Waals surface area contributed by atoms with Gasteiger partial charge in [0.1, 0.15) is 11.6 Å². The molecule has 0 aliphatic carbocycles. The lowest BCUT2D eigenvalue weighted by atomic mass is 10.2. The number of rotatable bonds is 3. The second kappa shape index (κ2) is 5.95. The van der Waals surface area contributed by atoms with E-state index in [0.717, 1.165) is 0 Å². The van der Waals surface area contributed by atoms with Gasteiger partial charge in [-0.3, -0.25) is 0 Å². The fraction of sp³-hybridized carbons (Fsp3) is 0.0769. The van der Waals surface area contributed by atoms with E-state index in [-0.39, 0.29) is 12.1 Å². The number of hydrogen-bond acceptors (Lipinski definition) is 1. The Morgan fingerprint density at radius 2 is 1.47 bits per heavy atom. The molecule has 0 bridgehead atoms. The lowest BCUT2D eigenvalue weighted by Crippen LogP contribution is -2.05. The first-order chi connectivity index (χ1) is 8.99. The highest BCUT2D eigenvalue weighted by Crippen LogP contribution is 2.32. The van der Waals surface area contributed by atoms with Crippen LogP contribution in [0.4, 0.5) is 14.5 Å². The molecule has 0 heterocycles. The molecule has 2 rings (SSSR count). The molecule has 0 radical (unpaired) electrons. The molecule has 0 fully saturated rings. The standard InChI is InChI=1S/C13H8Cl3F2N/c14-8-4-10(16)13(5-9(8)15)19-6-7-11(17)2-1-3-12(7)18/h1-5,19H,6H2. The van der Waals surface area contributed by atoms with Crippen molar-refractivity contribution in [3.63, 3.8) is 0 Å². The van der Waals surface area contributed by atoms with E-state index in [0.29, 0.717) is 20.8 Å². The zero-order valence-corrected chi connectivity index (χ0v) is 11.8. The molecule has 0 atom stereocenters. The molecular weight excluding hydrogens is 315 g/mol. The van der Waals surface area contributed by atoms with Crippen molar-refractivity contribution in [2.75, 3.05) is 5.32 Å². The Bertz CT molecular complexity index is 597. The van der Waals surface area contributed by atoms with Crippen molar-refractivity contribution in [2.24, 2.45) is 0 Å². The Balaban J connectivity index is 2.22. The van der Waals surface area contributed by atoms with Crippen molar-refractivity contribution in [3.8, 4) is 0 Å². The van der Waals surface area contributed by atoms with Gasteiger partial charge in [0.15, 0.2) is 0 Å². The molecule has 0 aromatic heterocycles. The zero-order chi connectivity index (χ0) is 14.0. The molecule has 2 aromatic carbocycles. The lowest BCUT2D eigenvalue weighted by molar-refractivity contribution is 0.560. The summed E-state index contributed by atoms with van der Waals surface area (Å²) in [7, 11) is 0. The molecule has 0 amide bonds. The molecule has 6 heteroatoms. The van der Waals surface area contributed by atoms with Gasteiger partial charge in [0.2, 0.25) is 0 Å². The average molecular weight is 323 g/mol. The van der Waals surface area contributed by atoms with Crippen molar-refractivity contribution in [1.29, 1.82) is 0 Å². The molecule has 0 saturated heterocycles. The predicted octanol–water partition coefficient (Wildman–Crippen LogP) is 5.54. The van der Waals surface area contributed by atoms with Crippen LogP contribution < -0.4 is 5.32 Å². The highest BCUT2D eigenvalue weighted by molar-refractivity contribution is 6.44. The van der Waals surface area contributed by atoms with E-state index in [1.54, 1.807) is 0 Å². The number of hydrogen-bond donors (Lipinski definition) is 1. The van der Waals surface area contributed by atoms with Crippen LogP contribution in [0, 0.1) is 11.6 Å². The molecular formula is C13H8Cl3F2N. The molecule has 0 unspecified atom stereocenters. The zero-order valence-electron chi connectivity index (χ0n) is 9.48. The monoisotopic (exact) mass is 321 g/mol. The van der Waals surface area contributed by atoms with Crippen molar-refractivity contribution < 1.29 is 8.78 Å². The van der Waals surface area contributed by atoms with Gasteiger partial charge in [-0.2, -0.15) is 0 Å². The van der Waals surface area contributed by atoms with Gasteiger partial charge in [0.05, 0.1) is 20.8 Å². The van der Waals surface area contributed by atoms with Gasteiger partial charge in [-0.1, -0.05) is 40.9 Å². The topological polar surface area (TPSA) is 12.0 Å². The Labute approximate surface area is 124 Å². The molecule has 100 valence electrons. The molecule has 0 saturated carbocycles. The summed E-state index contributed by atoms with van der Waals surface area (Å²) in [5.41, 5.74) is 0.392. The van der Waals surface area contributed by atoms with Crippen LogP contribution in [0.1, 0.15) is 5.56 Å². The normalized spacial score (nSPS) is 10.6. The third-order valence-electron chi connectivity index (χ3n) is 2.53. The van der Waals surface area contributed by atoms with Crippen molar-refractivity contribution in [2.45, 2.75) is 6.54 Å². The fourth-order valence-electron chi connectivity index (χ4n) is 1.54. The van der Waals surface area contributed by atoms with E-state index in [9.17, 15) is 8.78 Å². The van der Waals surface area contributed by atoms with Crippen LogP contribution in [-0.2, 0) is 6.54 Å². The summed E-state index contributed by atoms with van der Waals surface area (Å²) < 4.78 is 26.9. The summed E-state index contributed by atoms with van der Waals surface area (Å²) in [6.07, 6.45) is 0. The molecule has 1 N–H and O–H groups in total. The van der Waals surface area contributed by atoms with Crippen molar-refractivity contribution in [3.05, 3.63) is 62.6 Å². The van der Waals surface area contributed by atoms with Crippen LogP contribution >= 0.6 is 34.8 Å². The second-order valence-corrected chi connectivity index (χ2v) is 5.02. The fourth-order valence-corrected chi connectivity index (χ4v) is 2.16. The van der Waals surface area contributed by atoms with Gasteiger partial charge in [0, 0.05) is 12.1 Å². The predicted molar refractivity (Wildman–Crippen MR) is 75.2 cm³/mol. The van der Waals surface area contributed by atoms with Gasteiger partial charge in [-0.05, 0) is 24.3 Å². The molecule has 2 aromatic rings. The lowest BCUT2D eigenvalue weighted by Gasteiger charge is -2.11. The maximum atomic E-state index is 13.4. The number of nitrogens with one attached hydrogen (secondary N) is 1. The van der Waals surface area contributed by atoms with Crippen LogP contribution in [0.15, 0.2) is 30.3 Å². The SMILES string of the molecule is Fc1cccc(F)c1CNc1cc(Cl)c(Cl)cc1Cl. The van der Waals surface area contributed by atoms with E-state index in [4.69, 9.17) is 34.8 Å². The maximum Gasteiger partial charge on any atom is 0.131 e. The summed E-state index contributed by atoms with van der Waals surface area (Å²) >= 11 is 17.6. The van der Waals surface area contributed by atoms with Crippen LogP contribution in [0.25, 0.3) is 0 Å². The Morgan fingerprint density at radius 1 is 0.895 bits per heavy atom. The highest BCUT2D eigenvalue weighted by atomic mass is 35.5. The van der Waals surface area contributed by atoms with Crippen molar-refractivity contribution >= 4 is 40.5 Å². The van der Waals surface area contributed by atoms with E-state index in [2.05, 4.69) is 5.32 Å². The second-order valence-electron chi connectivity index (χ2n) is 3.80. The summed E-state index contributed by atoms with van der Waals surface area (Å²) in [4.78, 5) is 0. The van der Waals surface area contributed by atoms with Gasteiger partial charge in [-0.15, -0.1) is 0 Å². The first-order valence-electron chi connectivity index (χ1n) is 5.30. The first kappa shape index (κ1) is 14.4. The molecule has 19 heavy (non-hydrogen) atoms. The Hall–Kier alpha value is -1.03. The molecule has 0 aliphatic rings. The number of halogens is 5. The van der Waals surface area contributed by atoms with Gasteiger partial charge < -0.3 is 5.32 Å². The van der Waals surface area contributed by atoms with Crippen molar-refractivity contribution in [1.82, 2.24) is 0 Å². The van der Waals surface area contributed by atoms with E-state index >= 15 is 0 Å². The van der Waals surface area contributed by atoms with E-state index in [1.165, 1.54) is 30.3 Å². The molecule has 0 spiro atoms. The maximum absolute atomic E-state index is 13.4. The van der Waals surface area contributed by atoms with Crippen LogP contribution in [0.3, 0.4) is 0 Å². The first-order valence-corrected chi connectivity index (χ1v) is 6.43. The minimum absolute atomic E-state index is 0.0454. The van der Waals surface area contributed by atoms with Crippen LogP contribution in [0.2, 0.25) is 15.1 Å². The summed E-state index contributed by atoms with van der Waals surface area (Å²) in [6, 6.07) is 6.66.